The second-order valence-corrected chi connectivity index (χ2v) is 11.0. The Morgan fingerprint density at radius 3 is 2.70 bits per heavy atom. The number of fused-ring (bicyclic) bond motifs is 1. The molecule has 0 radical (unpaired) electrons. The lowest BCUT2D eigenvalue weighted by molar-refractivity contribution is -0.135. The molecule has 1 aromatic heterocycles. The topological polar surface area (TPSA) is 122 Å². The molecular formula is C30H30N6O3S. The summed E-state index contributed by atoms with van der Waals surface area (Å²) in [6, 6.07) is 13.7. The maximum absolute atomic E-state index is 14.0. The summed E-state index contributed by atoms with van der Waals surface area (Å²) >= 11 is 1.59. The van der Waals surface area contributed by atoms with Gasteiger partial charge in [-0.3, -0.25) is 19.9 Å². The van der Waals surface area contributed by atoms with Gasteiger partial charge in [-0.15, -0.1) is 11.3 Å². The molecule has 0 aliphatic carbocycles. The molecule has 204 valence electrons. The number of likely N-dealkylation sites (tertiary alicyclic amines) is 1. The second kappa shape index (κ2) is 11.4. The van der Waals surface area contributed by atoms with E-state index in [4.69, 9.17) is 0 Å². The zero-order chi connectivity index (χ0) is 28.4. The Labute approximate surface area is 237 Å². The zero-order valence-corrected chi connectivity index (χ0v) is 23.2. The predicted molar refractivity (Wildman–Crippen MR) is 153 cm³/mol. The van der Waals surface area contributed by atoms with Gasteiger partial charge in [0.25, 0.3) is 5.91 Å². The Morgan fingerprint density at radius 2 is 2.05 bits per heavy atom. The van der Waals surface area contributed by atoms with Gasteiger partial charge in [0.1, 0.15) is 11.9 Å². The van der Waals surface area contributed by atoms with E-state index in [9.17, 15) is 20.0 Å². The van der Waals surface area contributed by atoms with Gasteiger partial charge in [-0.1, -0.05) is 49.0 Å². The quantitative estimate of drug-likeness (QED) is 0.151. The van der Waals surface area contributed by atoms with E-state index in [1.807, 2.05) is 55.0 Å². The third-order valence-electron chi connectivity index (χ3n) is 7.32. The first-order valence-electron chi connectivity index (χ1n) is 13.0. The van der Waals surface area contributed by atoms with Gasteiger partial charge >= 0.3 is 0 Å². The molecule has 2 N–H and O–H groups in total. The van der Waals surface area contributed by atoms with Crippen LogP contribution in [0, 0.1) is 18.4 Å². The number of hydrogen-bond donors (Lipinski definition) is 2. The van der Waals surface area contributed by atoms with E-state index in [-0.39, 0.29) is 31.3 Å². The van der Waals surface area contributed by atoms with Crippen molar-refractivity contribution in [1.82, 2.24) is 20.1 Å². The van der Waals surface area contributed by atoms with Crippen LogP contribution in [0.5, 0.6) is 0 Å². The van der Waals surface area contributed by atoms with Crippen molar-refractivity contribution >= 4 is 29.0 Å². The number of nitrogens with one attached hydrogen (secondary N) is 1. The molecule has 1 saturated heterocycles. The summed E-state index contributed by atoms with van der Waals surface area (Å²) in [5.41, 5.74) is 6.76. The minimum Gasteiger partial charge on any atom is -0.391 e. The largest absolute Gasteiger partial charge is 0.391 e. The van der Waals surface area contributed by atoms with Crippen molar-refractivity contribution in [1.29, 1.82) is 5.26 Å². The summed E-state index contributed by atoms with van der Waals surface area (Å²) in [6.07, 6.45) is 1.36. The van der Waals surface area contributed by atoms with Crippen LogP contribution in [0.15, 0.2) is 71.2 Å². The molecule has 10 heteroatoms. The number of aliphatic hydroxyl groups is 1. The number of nitrogens with zero attached hydrogens (tertiary/aromatic N) is 5. The van der Waals surface area contributed by atoms with Gasteiger partial charge in [-0.05, 0) is 42.2 Å². The van der Waals surface area contributed by atoms with E-state index < -0.39 is 18.2 Å². The maximum atomic E-state index is 14.0. The van der Waals surface area contributed by atoms with Crippen LogP contribution in [0.2, 0.25) is 0 Å². The number of carbonyl (C=O) groups is 2. The zero-order valence-electron chi connectivity index (χ0n) is 22.4. The van der Waals surface area contributed by atoms with Crippen LogP contribution >= 0.6 is 11.3 Å². The third kappa shape index (κ3) is 5.26. The Bertz CT molecular complexity index is 1520. The van der Waals surface area contributed by atoms with Crippen LogP contribution in [0.25, 0.3) is 10.4 Å². The number of benzene rings is 2. The van der Waals surface area contributed by atoms with Gasteiger partial charge in [-0.25, -0.2) is 4.98 Å². The Balaban J connectivity index is 1.37. The van der Waals surface area contributed by atoms with Gasteiger partial charge in [0.2, 0.25) is 5.91 Å². The van der Waals surface area contributed by atoms with Crippen molar-refractivity contribution in [3.63, 3.8) is 0 Å². The van der Waals surface area contributed by atoms with Crippen LogP contribution in [-0.2, 0) is 17.9 Å². The maximum Gasteiger partial charge on any atom is 0.255 e. The van der Waals surface area contributed by atoms with E-state index in [2.05, 4.69) is 21.9 Å². The van der Waals surface area contributed by atoms with Gasteiger partial charge in [-0.2, -0.15) is 5.26 Å². The Morgan fingerprint density at radius 1 is 1.30 bits per heavy atom. The molecule has 5 rings (SSSR count). The SMILES string of the molecule is C=C(C)[C@@H](C(=O)N1C[C@H](O)C[C@H]1C(=NCc1ccc(-c2scnc2C)cc1)NC#N)N1Cc2ccccc2C1=O. The highest BCUT2D eigenvalue weighted by atomic mass is 32.1. The summed E-state index contributed by atoms with van der Waals surface area (Å²) < 4.78 is 0. The van der Waals surface area contributed by atoms with E-state index in [0.29, 0.717) is 23.5 Å². The molecule has 1 fully saturated rings. The lowest BCUT2D eigenvalue weighted by Gasteiger charge is -2.33. The van der Waals surface area contributed by atoms with Crippen LogP contribution in [-0.4, -0.2) is 62.3 Å². The summed E-state index contributed by atoms with van der Waals surface area (Å²) in [4.78, 5) is 40.3. The fourth-order valence-corrected chi connectivity index (χ4v) is 6.18. The molecule has 2 aliphatic heterocycles. The lowest BCUT2D eigenvalue weighted by atomic mass is 10.1. The fourth-order valence-electron chi connectivity index (χ4n) is 5.37. The highest BCUT2D eigenvalue weighted by molar-refractivity contribution is 7.13. The van der Waals surface area contributed by atoms with Crippen molar-refractivity contribution in [2.45, 2.75) is 51.5 Å². The number of hydrogen-bond acceptors (Lipinski definition) is 7. The van der Waals surface area contributed by atoms with E-state index in [0.717, 1.165) is 27.3 Å². The molecule has 0 spiro atoms. The highest BCUT2D eigenvalue weighted by Crippen LogP contribution is 2.30. The summed E-state index contributed by atoms with van der Waals surface area (Å²) in [7, 11) is 0. The summed E-state index contributed by atoms with van der Waals surface area (Å²) in [5, 5.41) is 22.7. The van der Waals surface area contributed by atoms with E-state index in [1.54, 1.807) is 30.4 Å². The number of β-amino-alcohol motifs (C(OH)–C–C–N with tert-alkyl or cyclic N) is 1. The summed E-state index contributed by atoms with van der Waals surface area (Å²) in [6.45, 7) is 8.36. The first kappa shape index (κ1) is 27.2. The van der Waals surface area contributed by atoms with Crippen molar-refractivity contribution in [3.8, 4) is 16.6 Å². The molecule has 3 aromatic rings. The molecule has 9 nitrogen and oxygen atoms in total. The van der Waals surface area contributed by atoms with Crippen molar-refractivity contribution < 1.29 is 14.7 Å². The molecular weight excluding hydrogens is 524 g/mol. The summed E-state index contributed by atoms with van der Waals surface area (Å²) in [5.74, 6) is -0.285. The molecule has 3 heterocycles. The lowest BCUT2D eigenvalue weighted by Crippen LogP contribution is -2.53. The third-order valence-corrected chi connectivity index (χ3v) is 8.29. The molecule has 0 unspecified atom stereocenters. The van der Waals surface area contributed by atoms with Gasteiger partial charge in [0.15, 0.2) is 6.19 Å². The average Bonchev–Trinajstić information content (AvgIpc) is 3.64. The van der Waals surface area contributed by atoms with Crippen LogP contribution in [0.3, 0.4) is 0 Å². The number of carbonyl (C=O) groups excluding carboxylic acids is 2. The number of aliphatic hydroxyl groups excluding tert-OH is 1. The number of aromatic nitrogens is 1. The minimum absolute atomic E-state index is 0.0668. The molecule has 40 heavy (non-hydrogen) atoms. The molecule has 3 atom stereocenters. The second-order valence-electron chi connectivity index (χ2n) is 10.1. The van der Waals surface area contributed by atoms with E-state index in [1.165, 1.54) is 9.80 Å². The number of thiazole rings is 1. The van der Waals surface area contributed by atoms with Crippen molar-refractivity contribution in [3.05, 3.63) is 88.6 Å². The molecule has 2 aromatic carbocycles. The standard InChI is InChI=1S/C30H30N6O3S/c1-18(2)26(36-14-22-6-4-5-7-24(22)29(36)38)30(39)35-15-23(37)12-25(35)28(33-16-31)32-13-20-8-10-21(11-9-20)27-19(3)34-17-40-27/h4-11,17,23,25-26,37H,1,12-15H2,2-3H3,(H,32,33)/t23-,25+,26+/m1/s1. The molecule has 2 amide bonds. The Kier molecular flexibility index (Phi) is 7.78. The average molecular weight is 555 g/mol. The number of amides is 2. The normalized spacial score (nSPS) is 19.4. The smallest absolute Gasteiger partial charge is 0.255 e. The van der Waals surface area contributed by atoms with Gasteiger partial charge in [0.05, 0.1) is 34.8 Å². The number of aryl methyl sites for hydroxylation is 1. The van der Waals surface area contributed by atoms with Crippen LogP contribution in [0.4, 0.5) is 0 Å². The van der Waals surface area contributed by atoms with Crippen molar-refractivity contribution in [2.24, 2.45) is 4.99 Å². The molecule has 0 bridgehead atoms. The number of rotatable bonds is 7. The first-order valence-corrected chi connectivity index (χ1v) is 13.9. The molecule has 2 aliphatic rings. The number of aliphatic imine (C=N–C) groups is 1. The van der Waals surface area contributed by atoms with Gasteiger partial charge in [0, 0.05) is 25.1 Å². The monoisotopic (exact) mass is 554 g/mol. The van der Waals surface area contributed by atoms with Crippen LogP contribution in [0.1, 0.15) is 40.5 Å². The Hall–Kier alpha value is -4.33. The van der Waals surface area contributed by atoms with Crippen LogP contribution < -0.4 is 5.32 Å². The van der Waals surface area contributed by atoms with Gasteiger partial charge < -0.3 is 14.9 Å². The van der Waals surface area contributed by atoms with Crippen molar-refractivity contribution in [2.75, 3.05) is 6.54 Å². The predicted octanol–water partition coefficient (Wildman–Crippen LogP) is 3.65. The molecule has 0 saturated carbocycles. The number of nitriles is 1. The minimum atomic E-state index is -0.904. The highest BCUT2D eigenvalue weighted by Gasteiger charge is 2.44. The van der Waals surface area contributed by atoms with E-state index >= 15 is 0 Å². The number of amidine groups is 1. The first-order chi connectivity index (χ1) is 19.3. The fraction of sp³-hybridized carbons (Fsp3) is 0.300.